The molecule has 2 aromatic rings. The maximum Gasteiger partial charge on any atom is 0.324 e. The van der Waals surface area contributed by atoms with Crippen molar-refractivity contribution < 1.29 is 23.4 Å². The van der Waals surface area contributed by atoms with Crippen molar-refractivity contribution in [1.29, 1.82) is 0 Å². The van der Waals surface area contributed by atoms with E-state index in [1.807, 2.05) is 6.92 Å². The topological polar surface area (TPSA) is 147 Å². The van der Waals surface area contributed by atoms with Gasteiger partial charge < -0.3 is 24.6 Å². The van der Waals surface area contributed by atoms with Crippen molar-refractivity contribution in [3.8, 4) is 0 Å². The van der Waals surface area contributed by atoms with Crippen LogP contribution >= 0.6 is 6.72 Å². The molecule has 0 bridgehead atoms. The van der Waals surface area contributed by atoms with Crippen molar-refractivity contribution in [3.63, 3.8) is 0 Å². The highest BCUT2D eigenvalue weighted by molar-refractivity contribution is 8.07. The first-order chi connectivity index (χ1) is 19.8. The summed E-state index contributed by atoms with van der Waals surface area (Å²) in [5.41, 5.74) is 5.80. The lowest BCUT2D eigenvalue weighted by Crippen LogP contribution is -2.36. The van der Waals surface area contributed by atoms with E-state index in [9.17, 15) is 9.69 Å². The van der Waals surface area contributed by atoms with Gasteiger partial charge in [0.15, 0.2) is 17.4 Å². The van der Waals surface area contributed by atoms with Crippen LogP contribution in [0.1, 0.15) is 116 Å². The predicted octanol–water partition coefficient (Wildman–Crippen LogP) is 6.12. The van der Waals surface area contributed by atoms with Gasteiger partial charge in [-0.25, -0.2) is 4.98 Å². The number of H-pyrrole nitrogens is 1. The zero-order chi connectivity index (χ0) is 29.7. The molecule has 0 radical (unpaired) electrons. The summed E-state index contributed by atoms with van der Waals surface area (Å²) >= 11 is 5.15. The summed E-state index contributed by atoms with van der Waals surface area (Å²) in [5, 5.41) is 0. The Balaban J connectivity index is 1.50. The Labute approximate surface area is 249 Å². The first-order valence-electron chi connectivity index (χ1n) is 15.4. The first-order valence-corrected chi connectivity index (χ1v) is 18.0. The Kier molecular flexibility index (Phi) is 14.7. The number of imidazole rings is 1. The van der Waals surface area contributed by atoms with E-state index in [1.54, 1.807) is 4.57 Å². The smallest absolute Gasteiger partial charge is 0.324 e. The number of rotatable bonds is 21. The average Bonchev–Trinajstić information content (AvgIpc) is 3.51. The normalized spacial score (nSPS) is 22.4. The molecule has 3 rings (SSSR count). The van der Waals surface area contributed by atoms with Crippen LogP contribution in [-0.4, -0.2) is 56.4 Å². The molecule has 1 aliphatic rings. The molecule has 0 saturated carbocycles. The number of ether oxygens (including phenoxy) is 2. The standard InChI is InChI=1S/C28H50N5O6PS/c1-4-6-7-8-9-10-11-12-13-14-15-16-17-18-19-37-24-23(39-40(35,41)36-3)21(5-2)38-27(24)33-20-30-22-25(33)31-28(29)32-26(22)34/h20-21,23-24,27H,4-19H2,1-3H3,(H,35,41)(H3,29,31,32,34). The number of anilines is 1. The van der Waals surface area contributed by atoms with E-state index in [4.69, 9.17) is 36.1 Å². The van der Waals surface area contributed by atoms with E-state index in [-0.39, 0.29) is 17.1 Å². The molecule has 4 N–H and O–H groups in total. The van der Waals surface area contributed by atoms with Crippen LogP contribution in [0, 0.1) is 0 Å². The van der Waals surface area contributed by atoms with Gasteiger partial charge in [-0.15, -0.1) is 0 Å². The fraction of sp³-hybridized carbons (Fsp3) is 0.821. The lowest BCUT2D eigenvalue weighted by Gasteiger charge is -2.27. The summed E-state index contributed by atoms with van der Waals surface area (Å²) in [4.78, 5) is 33.8. The number of nitrogens with one attached hydrogen (secondary N) is 1. The summed E-state index contributed by atoms with van der Waals surface area (Å²) in [6.45, 7) is 1.21. The highest BCUT2D eigenvalue weighted by Crippen LogP contribution is 2.49. The molecule has 1 aliphatic heterocycles. The van der Waals surface area contributed by atoms with E-state index in [1.165, 1.54) is 90.5 Å². The lowest BCUT2D eigenvalue weighted by atomic mass is 10.0. The van der Waals surface area contributed by atoms with Crippen LogP contribution in [-0.2, 0) is 30.3 Å². The Bertz CT molecular complexity index is 1150. The molecule has 41 heavy (non-hydrogen) atoms. The van der Waals surface area contributed by atoms with Crippen LogP contribution in [0.15, 0.2) is 11.1 Å². The summed E-state index contributed by atoms with van der Waals surface area (Å²) < 4.78 is 25.2. The van der Waals surface area contributed by atoms with Crippen LogP contribution in [0.3, 0.4) is 0 Å². The minimum atomic E-state index is -3.49. The van der Waals surface area contributed by atoms with E-state index >= 15 is 0 Å². The maximum atomic E-state index is 12.3. The van der Waals surface area contributed by atoms with E-state index < -0.39 is 36.8 Å². The summed E-state index contributed by atoms with van der Waals surface area (Å²) in [5.74, 6) is -0.0211. The largest absolute Gasteiger partial charge is 0.371 e. The molecule has 2 aromatic heterocycles. The third-order valence-corrected chi connectivity index (χ3v) is 9.38. The number of nitrogen functional groups attached to an aromatic ring is 1. The molecule has 0 spiro atoms. The number of aromatic nitrogens is 4. The van der Waals surface area contributed by atoms with Crippen molar-refractivity contribution in [2.75, 3.05) is 19.5 Å². The molecule has 1 saturated heterocycles. The fourth-order valence-corrected chi connectivity index (χ4v) is 6.35. The highest BCUT2D eigenvalue weighted by atomic mass is 32.5. The average molecular weight is 616 g/mol. The highest BCUT2D eigenvalue weighted by Gasteiger charge is 2.49. The van der Waals surface area contributed by atoms with E-state index in [0.717, 1.165) is 12.8 Å². The second kappa shape index (κ2) is 17.7. The van der Waals surface area contributed by atoms with E-state index in [0.29, 0.717) is 13.0 Å². The quantitative estimate of drug-likeness (QED) is 0.111. The van der Waals surface area contributed by atoms with Gasteiger partial charge in [-0.1, -0.05) is 97.3 Å². The summed E-state index contributed by atoms with van der Waals surface area (Å²) in [6, 6.07) is 0. The van der Waals surface area contributed by atoms with Crippen LogP contribution in [0.2, 0.25) is 0 Å². The number of nitrogens with zero attached hydrogens (tertiary/aromatic N) is 3. The van der Waals surface area contributed by atoms with Gasteiger partial charge in [-0.2, -0.15) is 4.98 Å². The number of aromatic amines is 1. The molecule has 5 unspecified atom stereocenters. The monoisotopic (exact) mass is 615 g/mol. The van der Waals surface area contributed by atoms with Crippen LogP contribution < -0.4 is 11.3 Å². The Hall–Kier alpha value is -1.40. The van der Waals surface area contributed by atoms with Gasteiger partial charge in [0.1, 0.15) is 12.2 Å². The van der Waals surface area contributed by atoms with Crippen molar-refractivity contribution in [1.82, 2.24) is 19.5 Å². The molecular weight excluding hydrogens is 565 g/mol. The molecule has 3 heterocycles. The zero-order valence-corrected chi connectivity index (χ0v) is 26.7. The molecule has 11 nitrogen and oxygen atoms in total. The van der Waals surface area contributed by atoms with Crippen LogP contribution in [0.25, 0.3) is 11.2 Å². The zero-order valence-electron chi connectivity index (χ0n) is 25.0. The minimum absolute atomic E-state index is 0.0211. The number of hydrogen-bond donors (Lipinski definition) is 3. The molecule has 0 amide bonds. The minimum Gasteiger partial charge on any atom is -0.371 e. The van der Waals surface area contributed by atoms with Crippen LogP contribution in [0.5, 0.6) is 0 Å². The number of hydrogen-bond acceptors (Lipinski definition) is 9. The second-order valence-electron chi connectivity index (χ2n) is 10.9. The van der Waals surface area contributed by atoms with Crippen molar-refractivity contribution >= 4 is 35.6 Å². The molecular formula is C28H50N5O6PS. The molecule has 0 aliphatic carbocycles. The summed E-state index contributed by atoms with van der Waals surface area (Å²) in [6.07, 6.45) is 17.5. The van der Waals surface area contributed by atoms with Crippen molar-refractivity contribution in [3.05, 3.63) is 16.7 Å². The SMILES string of the molecule is CCCCCCCCCCCCCCCCOC1C(OP(O)(=S)OC)C(CC)OC1n1cnc2c(=O)[nH]c(N)nc21. The van der Waals surface area contributed by atoms with E-state index in [2.05, 4.69) is 21.9 Å². The molecule has 0 aromatic carbocycles. The fourth-order valence-electron chi connectivity index (χ4n) is 5.41. The molecule has 13 heteroatoms. The third kappa shape index (κ3) is 10.4. The number of nitrogens with two attached hydrogens (primary N) is 1. The Morgan fingerprint density at radius 2 is 1.61 bits per heavy atom. The number of fused-ring (bicyclic) bond motifs is 1. The predicted molar refractivity (Wildman–Crippen MR) is 165 cm³/mol. The number of unbranched alkanes of at least 4 members (excludes halogenated alkanes) is 13. The van der Waals surface area contributed by atoms with Gasteiger partial charge in [0, 0.05) is 13.7 Å². The van der Waals surface area contributed by atoms with Gasteiger partial charge in [-0.3, -0.25) is 18.9 Å². The van der Waals surface area contributed by atoms with Gasteiger partial charge in [0.25, 0.3) is 5.56 Å². The van der Waals surface area contributed by atoms with Gasteiger partial charge in [-0.05, 0) is 24.6 Å². The Morgan fingerprint density at radius 3 is 2.17 bits per heavy atom. The molecule has 1 fully saturated rings. The van der Waals surface area contributed by atoms with Gasteiger partial charge in [0.05, 0.1) is 12.4 Å². The second-order valence-corrected chi connectivity index (χ2v) is 13.8. The Morgan fingerprint density at radius 1 is 1.02 bits per heavy atom. The van der Waals surface area contributed by atoms with Gasteiger partial charge >= 0.3 is 6.72 Å². The maximum absolute atomic E-state index is 12.3. The van der Waals surface area contributed by atoms with Crippen molar-refractivity contribution in [2.24, 2.45) is 0 Å². The molecule has 234 valence electrons. The third-order valence-electron chi connectivity index (χ3n) is 7.71. The van der Waals surface area contributed by atoms with Crippen LogP contribution in [0.4, 0.5) is 5.95 Å². The van der Waals surface area contributed by atoms with Gasteiger partial charge in [0.2, 0.25) is 5.95 Å². The lowest BCUT2D eigenvalue weighted by molar-refractivity contribution is -0.0667. The molecule has 5 atom stereocenters. The van der Waals surface area contributed by atoms with Crippen molar-refractivity contribution in [2.45, 2.75) is 135 Å². The summed E-state index contributed by atoms with van der Waals surface area (Å²) in [7, 11) is 1.32. The first kappa shape index (κ1) is 34.1.